The van der Waals surface area contributed by atoms with E-state index in [1.807, 2.05) is 34.6 Å². The fraction of sp³-hybridized carbons (Fsp3) is 0.857. The van der Waals surface area contributed by atoms with Gasteiger partial charge in [-0.3, -0.25) is 4.79 Å². The van der Waals surface area contributed by atoms with Crippen LogP contribution in [0.3, 0.4) is 0 Å². The second-order valence-electron chi connectivity index (χ2n) is 5.14. The summed E-state index contributed by atoms with van der Waals surface area (Å²) in [6.07, 6.45) is 0.800. The lowest BCUT2D eigenvalue weighted by atomic mass is 10.1. The van der Waals surface area contributed by atoms with Crippen molar-refractivity contribution < 1.29 is 24.2 Å². The van der Waals surface area contributed by atoms with Crippen LogP contribution in [-0.2, 0) is 14.3 Å². The van der Waals surface area contributed by atoms with Crippen LogP contribution in [0.15, 0.2) is 0 Å². The van der Waals surface area contributed by atoms with Gasteiger partial charge in [0, 0.05) is 26.1 Å². The molecule has 1 fully saturated rings. The molecule has 1 unspecified atom stereocenters. The van der Waals surface area contributed by atoms with E-state index in [9.17, 15) is 4.79 Å². The number of rotatable bonds is 2. The van der Waals surface area contributed by atoms with Crippen molar-refractivity contribution in [1.82, 2.24) is 4.90 Å². The maximum absolute atomic E-state index is 11.7. The smallest absolute Gasteiger partial charge is 0.410 e. The number of ether oxygens (including phenoxy) is 2. The Bertz CT molecular complexity index is 263. The molecule has 1 atom stereocenters. The number of likely N-dealkylation sites (tertiary alicyclic amines) is 1. The van der Waals surface area contributed by atoms with Crippen LogP contribution in [0.2, 0.25) is 0 Å². The Morgan fingerprint density at radius 3 is 2.30 bits per heavy atom. The molecule has 0 saturated carbocycles. The lowest BCUT2D eigenvalue weighted by Gasteiger charge is -2.24. The Hall–Kier alpha value is -1.30. The number of carboxylic acid groups (broad SMARTS) is 1. The summed E-state index contributed by atoms with van der Waals surface area (Å²) in [4.78, 5) is 21.8. The predicted octanol–water partition coefficient (Wildman–Crippen LogP) is 2.62. The fourth-order valence-electron chi connectivity index (χ4n) is 1.70. The third-order valence-electron chi connectivity index (χ3n) is 2.34. The van der Waals surface area contributed by atoms with E-state index in [0.717, 1.165) is 26.1 Å². The second-order valence-corrected chi connectivity index (χ2v) is 5.14. The highest BCUT2D eigenvalue weighted by Gasteiger charge is 2.29. The summed E-state index contributed by atoms with van der Waals surface area (Å²) in [5.74, 6) is 0.461. The monoisotopic (exact) mass is 291 g/mol. The van der Waals surface area contributed by atoms with Crippen molar-refractivity contribution in [2.24, 2.45) is 5.92 Å². The van der Waals surface area contributed by atoms with Crippen molar-refractivity contribution in [3.05, 3.63) is 0 Å². The molecule has 1 N–H and O–H groups in total. The highest BCUT2D eigenvalue weighted by molar-refractivity contribution is 5.68. The van der Waals surface area contributed by atoms with Crippen LogP contribution in [0.5, 0.6) is 0 Å². The van der Waals surface area contributed by atoms with Crippen molar-refractivity contribution in [2.45, 2.75) is 46.6 Å². The largest absolute Gasteiger partial charge is 0.483 e. The molecule has 1 amide bonds. The minimum atomic E-state index is -0.406. The van der Waals surface area contributed by atoms with E-state index >= 15 is 0 Å². The van der Waals surface area contributed by atoms with Gasteiger partial charge >= 0.3 is 6.09 Å². The molecular weight excluding hydrogens is 262 g/mol. The van der Waals surface area contributed by atoms with Gasteiger partial charge in [-0.1, -0.05) is 13.8 Å². The minimum Gasteiger partial charge on any atom is -0.483 e. The zero-order valence-electron chi connectivity index (χ0n) is 13.5. The van der Waals surface area contributed by atoms with Crippen LogP contribution >= 0.6 is 0 Å². The first-order valence-electron chi connectivity index (χ1n) is 6.88. The van der Waals surface area contributed by atoms with Crippen molar-refractivity contribution in [3.8, 4) is 0 Å². The normalized spacial score (nSPS) is 17.3. The molecular formula is C14H29NO5. The molecule has 120 valence electrons. The highest BCUT2D eigenvalue weighted by Crippen LogP contribution is 2.19. The Labute approximate surface area is 122 Å². The topological polar surface area (TPSA) is 76.1 Å². The molecule has 0 bridgehead atoms. The summed E-state index contributed by atoms with van der Waals surface area (Å²) in [6, 6.07) is 0. The second kappa shape index (κ2) is 11.5. The van der Waals surface area contributed by atoms with E-state index in [1.165, 1.54) is 0 Å². The minimum absolute atomic E-state index is 0.207. The molecule has 1 rings (SSSR count). The van der Waals surface area contributed by atoms with Crippen molar-refractivity contribution >= 4 is 12.6 Å². The van der Waals surface area contributed by atoms with Crippen LogP contribution < -0.4 is 0 Å². The van der Waals surface area contributed by atoms with E-state index in [4.69, 9.17) is 19.4 Å². The average Bonchev–Trinajstić information content (AvgIpc) is 2.80. The zero-order valence-corrected chi connectivity index (χ0v) is 13.5. The van der Waals surface area contributed by atoms with Gasteiger partial charge < -0.3 is 19.5 Å². The predicted molar refractivity (Wildman–Crippen MR) is 77.8 cm³/mol. The maximum atomic E-state index is 11.7. The summed E-state index contributed by atoms with van der Waals surface area (Å²) in [5, 5.41) is 6.89. The average molecular weight is 291 g/mol. The van der Waals surface area contributed by atoms with Crippen LogP contribution in [-0.4, -0.2) is 55.0 Å². The number of nitrogens with zero attached hydrogens (tertiary/aromatic N) is 1. The van der Waals surface area contributed by atoms with Gasteiger partial charge in [-0.2, -0.15) is 0 Å². The van der Waals surface area contributed by atoms with E-state index in [-0.39, 0.29) is 12.6 Å². The molecule has 0 aromatic heterocycles. The van der Waals surface area contributed by atoms with Crippen LogP contribution in [0, 0.1) is 5.92 Å². The molecule has 0 radical (unpaired) electrons. The summed E-state index contributed by atoms with van der Waals surface area (Å²) in [6.45, 7) is 11.7. The van der Waals surface area contributed by atoms with E-state index < -0.39 is 5.60 Å². The van der Waals surface area contributed by atoms with Gasteiger partial charge in [0.1, 0.15) is 5.60 Å². The molecule has 0 spiro atoms. The molecule has 0 aromatic rings. The van der Waals surface area contributed by atoms with Gasteiger partial charge in [0.2, 0.25) is 0 Å². The number of carbonyl (C=O) groups is 2. The van der Waals surface area contributed by atoms with E-state index in [0.29, 0.717) is 5.92 Å². The Morgan fingerprint density at radius 1 is 1.40 bits per heavy atom. The standard InChI is InChI=1S/C11H21NO3.C2H6.CH2O2/c1-11(2,3)15-10(13)12-6-5-9(7-12)8-14-4;1-2;2-1-3/h9H,5-8H2,1-4H3;1-2H3;1H,(H,2,3). The maximum Gasteiger partial charge on any atom is 0.410 e. The van der Waals surface area contributed by atoms with Crippen molar-refractivity contribution in [2.75, 3.05) is 26.8 Å². The third kappa shape index (κ3) is 10.6. The summed E-state index contributed by atoms with van der Waals surface area (Å²) in [7, 11) is 1.69. The van der Waals surface area contributed by atoms with Crippen molar-refractivity contribution in [1.29, 1.82) is 0 Å². The molecule has 1 heterocycles. The summed E-state index contributed by atoms with van der Waals surface area (Å²) >= 11 is 0. The number of methoxy groups -OCH3 is 1. The molecule has 1 saturated heterocycles. The molecule has 6 heteroatoms. The van der Waals surface area contributed by atoms with Gasteiger partial charge in [-0.25, -0.2) is 4.79 Å². The van der Waals surface area contributed by atoms with E-state index in [2.05, 4.69) is 0 Å². The molecule has 6 nitrogen and oxygen atoms in total. The van der Waals surface area contributed by atoms with Crippen molar-refractivity contribution in [3.63, 3.8) is 0 Å². The van der Waals surface area contributed by atoms with Gasteiger partial charge in [0.15, 0.2) is 0 Å². The van der Waals surface area contributed by atoms with Gasteiger partial charge in [0.25, 0.3) is 6.47 Å². The molecule has 0 aliphatic carbocycles. The van der Waals surface area contributed by atoms with Crippen LogP contribution in [0.4, 0.5) is 4.79 Å². The summed E-state index contributed by atoms with van der Waals surface area (Å²) < 4.78 is 10.4. The highest BCUT2D eigenvalue weighted by atomic mass is 16.6. The Balaban J connectivity index is 0. The van der Waals surface area contributed by atoms with Crippen LogP contribution in [0.25, 0.3) is 0 Å². The van der Waals surface area contributed by atoms with Gasteiger partial charge in [-0.15, -0.1) is 0 Å². The number of hydrogen-bond acceptors (Lipinski definition) is 4. The Morgan fingerprint density at radius 2 is 1.90 bits per heavy atom. The third-order valence-corrected chi connectivity index (χ3v) is 2.34. The first-order valence-corrected chi connectivity index (χ1v) is 6.88. The van der Waals surface area contributed by atoms with Gasteiger partial charge in [0.05, 0.1) is 6.61 Å². The lowest BCUT2D eigenvalue weighted by molar-refractivity contribution is -0.122. The molecule has 20 heavy (non-hydrogen) atoms. The lowest BCUT2D eigenvalue weighted by Crippen LogP contribution is -2.35. The van der Waals surface area contributed by atoms with Gasteiger partial charge in [-0.05, 0) is 27.2 Å². The Kier molecular flexibility index (Phi) is 12.1. The van der Waals surface area contributed by atoms with Crippen LogP contribution in [0.1, 0.15) is 41.0 Å². The summed E-state index contributed by atoms with van der Waals surface area (Å²) in [5.41, 5.74) is -0.406. The number of carbonyl (C=O) groups excluding carboxylic acids is 1. The molecule has 0 aromatic carbocycles. The first-order chi connectivity index (χ1) is 9.34. The number of hydrogen-bond donors (Lipinski definition) is 1. The van der Waals surface area contributed by atoms with E-state index in [1.54, 1.807) is 12.0 Å². The fourth-order valence-corrected chi connectivity index (χ4v) is 1.70. The first kappa shape index (κ1) is 21.0. The zero-order chi connectivity index (χ0) is 16.2. The SMILES string of the molecule is CC.COCC1CCN(C(=O)OC(C)(C)C)C1.O=CO. The number of amides is 1. The molecule has 1 aliphatic rings. The molecule has 1 aliphatic heterocycles. The quantitative estimate of drug-likeness (QED) is 0.791.